The molecule has 0 N–H and O–H groups in total. The molecule has 0 saturated carbocycles. The molecular formula is C22H27N3O3. The lowest BCUT2D eigenvalue weighted by Gasteiger charge is -2.30. The molecular weight excluding hydrogens is 354 g/mol. The molecule has 0 aliphatic carbocycles. The van der Waals surface area contributed by atoms with E-state index in [0.29, 0.717) is 13.0 Å². The van der Waals surface area contributed by atoms with Crippen LogP contribution in [-0.2, 0) is 17.8 Å². The molecule has 0 unspecified atom stereocenters. The summed E-state index contributed by atoms with van der Waals surface area (Å²) >= 11 is 0. The van der Waals surface area contributed by atoms with Gasteiger partial charge in [-0.1, -0.05) is 18.2 Å². The summed E-state index contributed by atoms with van der Waals surface area (Å²) in [6.07, 6.45) is 5.41. The Morgan fingerprint density at radius 3 is 2.96 bits per heavy atom. The van der Waals surface area contributed by atoms with Crippen molar-refractivity contribution in [1.29, 1.82) is 0 Å². The lowest BCUT2D eigenvalue weighted by Crippen LogP contribution is -2.42. The maximum absolute atomic E-state index is 13.1. The molecule has 28 heavy (non-hydrogen) atoms. The predicted molar refractivity (Wildman–Crippen MR) is 106 cm³/mol. The first-order valence-electron chi connectivity index (χ1n) is 9.93. The second-order valence-electron chi connectivity index (χ2n) is 7.48. The third-order valence-corrected chi connectivity index (χ3v) is 5.55. The monoisotopic (exact) mass is 381 g/mol. The number of nitrogens with zero attached hydrogens (tertiary/aromatic N) is 3. The number of fused-ring (bicyclic) bond motifs is 1. The minimum Gasteiger partial charge on any atom is -0.493 e. The molecule has 0 spiro atoms. The van der Waals surface area contributed by atoms with Gasteiger partial charge in [-0.3, -0.25) is 14.7 Å². The number of hydrogen-bond acceptors (Lipinski definition) is 5. The quantitative estimate of drug-likeness (QED) is 0.814. The number of rotatable bonds is 4. The fraction of sp³-hybridized carbons (Fsp3) is 0.455. The Bertz CT molecular complexity index is 812. The Kier molecular flexibility index (Phi) is 5.76. The van der Waals surface area contributed by atoms with Crippen LogP contribution in [0.15, 0.2) is 42.7 Å². The number of para-hydroxylation sites is 1. The van der Waals surface area contributed by atoms with E-state index in [9.17, 15) is 4.79 Å². The number of benzene rings is 1. The van der Waals surface area contributed by atoms with Crippen molar-refractivity contribution >= 4 is 5.91 Å². The standard InChI is InChI=1S/C22H27N3O3/c1-27-20-7-2-6-18-13-19(16-28-21(18)20)22(26)25-10-4-9-24(11-12-25)15-17-5-3-8-23-14-17/h2-3,5-8,14,19H,4,9-13,15-16H2,1H3/t19-/m0/s1. The van der Waals surface area contributed by atoms with Crippen LogP contribution in [0, 0.1) is 5.92 Å². The highest BCUT2D eigenvalue weighted by Crippen LogP contribution is 2.36. The summed E-state index contributed by atoms with van der Waals surface area (Å²) in [6.45, 7) is 4.76. The molecule has 1 aromatic heterocycles. The van der Waals surface area contributed by atoms with Gasteiger partial charge < -0.3 is 14.4 Å². The van der Waals surface area contributed by atoms with Crippen molar-refractivity contribution in [2.24, 2.45) is 5.92 Å². The van der Waals surface area contributed by atoms with Crippen molar-refractivity contribution in [2.45, 2.75) is 19.4 Å². The molecule has 6 nitrogen and oxygen atoms in total. The second kappa shape index (κ2) is 8.61. The van der Waals surface area contributed by atoms with Crippen molar-refractivity contribution in [2.75, 3.05) is 39.9 Å². The summed E-state index contributed by atoms with van der Waals surface area (Å²) in [5, 5.41) is 0. The van der Waals surface area contributed by atoms with Gasteiger partial charge in [-0.2, -0.15) is 0 Å². The Hall–Kier alpha value is -2.60. The molecule has 0 radical (unpaired) electrons. The SMILES string of the molecule is COc1cccc2c1OC[C@@H](C(=O)N1CCCN(Cc3cccnc3)CC1)C2. The molecule has 0 bridgehead atoms. The zero-order valence-electron chi connectivity index (χ0n) is 16.3. The fourth-order valence-electron chi connectivity index (χ4n) is 4.07. The number of ether oxygens (including phenoxy) is 2. The second-order valence-corrected chi connectivity index (χ2v) is 7.48. The van der Waals surface area contributed by atoms with Crippen LogP contribution < -0.4 is 9.47 Å². The lowest BCUT2D eigenvalue weighted by atomic mass is 9.95. The Labute approximate surface area is 166 Å². The minimum absolute atomic E-state index is 0.121. The molecule has 6 heteroatoms. The van der Waals surface area contributed by atoms with Gasteiger partial charge >= 0.3 is 0 Å². The topological polar surface area (TPSA) is 54.9 Å². The lowest BCUT2D eigenvalue weighted by molar-refractivity contribution is -0.136. The average molecular weight is 381 g/mol. The zero-order chi connectivity index (χ0) is 19.3. The van der Waals surface area contributed by atoms with E-state index in [1.165, 1.54) is 5.56 Å². The van der Waals surface area contributed by atoms with Gasteiger partial charge in [0.2, 0.25) is 5.91 Å². The normalized spacial score (nSPS) is 20.0. The molecule has 1 saturated heterocycles. The number of amides is 1. The summed E-state index contributed by atoms with van der Waals surface area (Å²) in [4.78, 5) is 21.7. The van der Waals surface area contributed by atoms with Gasteiger partial charge in [-0.05, 0) is 36.1 Å². The van der Waals surface area contributed by atoms with Crippen LogP contribution >= 0.6 is 0 Å². The number of hydrogen-bond donors (Lipinski definition) is 0. The average Bonchev–Trinajstić information content (AvgIpc) is 2.98. The molecule has 2 aliphatic rings. The number of carbonyl (C=O) groups excluding carboxylic acids is 1. The van der Waals surface area contributed by atoms with Gasteiger partial charge in [0, 0.05) is 45.1 Å². The summed E-state index contributed by atoms with van der Waals surface area (Å²) in [5.74, 6) is 1.61. The highest BCUT2D eigenvalue weighted by molar-refractivity contribution is 5.80. The molecule has 2 aromatic rings. The van der Waals surface area contributed by atoms with E-state index in [1.807, 2.05) is 35.4 Å². The Balaban J connectivity index is 1.36. The summed E-state index contributed by atoms with van der Waals surface area (Å²) in [5.41, 5.74) is 2.27. The van der Waals surface area contributed by atoms with E-state index in [-0.39, 0.29) is 11.8 Å². The van der Waals surface area contributed by atoms with E-state index >= 15 is 0 Å². The molecule has 148 valence electrons. The third-order valence-electron chi connectivity index (χ3n) is 5.55. The van der Waals surface area contributed by atoms with Crippen molar-refractivity contribution in [3.8, 4) is 11.5 Å². The third kappa shape index (κ3) is 4.12. The molecule has 1 aromatic carbocycles. The summed E-state index contributed by atoms with van der Waals surface area (Å²) < 4.78 is 11.3. The highest BCUT2D eigenvalue weighted by atomic mass is 16.5. The number of methoxy groups -OCH3 is 1. The maximum Gasteiger partial charge on any atom is 0.229 e. The van der Waals surface area contributed by atoms with Crippen LogP contribution in [0.1, 0.15) is 17.5 Å². The van der Waals surface area contributed by atoms with Gasteiger partial charge in [0.1, 0.15) is 6.61 Å². The molecule has 2 aliphatic heterocycles. The van der Waals surface area contributed by atoms with Crippen LogP contribution in [0.25, 0.3) is 0 Å². The van der Waals surface area contributed by atoms with E-state index in [4.69, 9.17) is 9.47 Å². The van der Waals surface area contributed by atoms with E-state index in [2.05, 4.69) is 16.0 Å². The van der Waals surface area contributed by atoms with Crippen LogP contribution in [0.3, 0.4) is 0 Å². The fourth-order valence-corrected chi connectivity index (χ4v) is 4.07. The molecule has 4 rings (SSSR count). The summed E-state index contributed by atoms with van der Waals surface area (Å²) in [6, 6.07) is 9.95. The molecule has 1 amide bonds. The van der Waals surface area contributed by atoms with Crippen molar-refractivity contribution in [3.63, 3.8) is 0 Å². The highest BCUT2D eigenvalue weighted by Gasteiger charge is 2.31. The van der Waals surface area contributed by atoms with E-state index in [0.717, 1.165) is 56.2 Å². The molecule has 1 fully saturated rings. The van der Waals surface area contributed by atoms with Crippen molar-refractivity contribution < 1.29 is 14.3 Å². The Morgan fingerprint density at radius 2 is 2.14 bits per heavy atom. The first kappa shape index (κ1) is 18.7. The molecule has 3 heterocycles. The number of aromatic nitrogens is 1. The Morgan fingerprint density at radius 1 is 1.21 bits per heavy atom. The van der Waals surface area contributed by atoms with E-state index < -0.39 is 0 Å². The number of carbonyl (C=O) groups is 1. The smallest absolute Gasteiger partial charge is 0.229 e. The van der Waals surface area contributed by atoms with Gasteiger partial charge in [-0.15, -0.1) is 0 Å². The van der Waals surface area contributed by atoms with Crippen LogP contribution in [0.2, 0.25) is 0 Å². The van der Waals surface area contributed by atoms with Gasteiger partial charge in [-0.25, -0.2) is 0 Å². The first-order valence-corrected chi connectivity index (χ1v) is 9.93. The van der Waals surface area contributed by atoms with Crippen molar-refractivity contribution in [1.82, 2.24) is 14.8 Å². The zero-order valence-corrected chi connectivity index (χ0v) is 16.3. The molecule has 1 atom stereocenters. The van der Waals surface area contributed by atoms with Crippen molar-refractivity contribution in [3.05, 3.63) is 53.9 Å². The minimum atomic E-state index is -0.121. The first-order chi connectivity index (χ1) is 13.7. The predicted octanol–water partition coefficient (Wildman–Crippen LogP) is 2.38. The number of pyridine rings is 1. The van der Waals surface area contributed by atoms with Crippen LogP contribution in [-0.4, -0.2) is 60.6 Å². The maximum atomic E-state index is 13.1. The van der Waals surface area contributed by atoms with Crippen LogP contribution in [0.5, 0.6) is 11.5 Å². The summed E-state index contributed by atoms with van der Waals surface area (Å²) in [7, 11) is 1.64. The van der Waals surface area contributed by atoms with Gasteiger partial charge in [0.15, 0.2) is 11.5 Å². The van der Waals surface area contributed by atoms with Crippen LogP contribution in [0.4, 0.5) is 0 Å². The van der Waals surface area contributed by atoms with Gasteiger partial charge in [0.05, 0.1) is 13.0 Å². The van der Waals surface area contributed by atoms with E-state index in [1.54, 1.807) is 13.3 Å². The van der Waals surface area contributed by atoms with Gasteiger partial charge in [0.25, 0.3) is 0 Å². The largest absolute Gasteiger partial charge is 0.493 e.